The van der Waals surface area contributed by atoms with Crippen LogP contribution in [0.3, 0.4) is 0 Å². The molecule has 0 saturated carbocycles. The smallest absolute Gasteiger partial charge is 0.141 e. The van der Waals surface area contributed by atoms with E-state index in [1.54, 1.807) is 17.3 Å². The van der Waals surface area contributed by atoms with Crippen LogP contribution >= 0.6 is 11.3 Å². The number of nitriles is 1. The highest BCUT2D eigenvalue weighted by Gasteiger charge is 2.17. The first kappa shape index (κ1) is 14.4. The predicted molar refractivity (Wildman–Crippen MR) is 79.1 cm³/mol. The van der Waals surface area contributed by atoms with E-state index in [2.05, 4.69) is 11.1 Å². The van der Waals surface area contributed by atoms with Crippen molar-refractivity contribution >= 4 is 32.8 Å². The number of halogens is 1. The minimum absolute atomic E-state index is 0.0439. The lowest BCUT2D eigenvalue weighted by Gasteiger charge is -2.02. The van der Waals surface area contributed by atoms with Gasteiger partial charge < -0.3 is 10.0 Å². The topological polar surface area (TPSA) is 59.6 Å². The Morgan fingerprint density at radius 3 is 2.85 bits per heavy atom. The number of hydrogen-bond acceptors (Lipinski definition) is 4. The fraction of sp³-hybridized carbons (Fsp3) is 0.286. The number of aliphatic hydroxyl groups excluding tert-OH is 1. The molecule has 0 amide bonds. The second-order valence-corrected chi connectivity index (χ2v) is 5.49. The lowest BCUT2D eigenvalue weighted by atomic mass is 10.0. The summed E-state index contributed by atoms with van der Waals surface area (Å²) < 4.78 is 14.3. The van der Waals surface area contributed by atoms with Crippen molar-refractivity contribution in [3.63, 3.8) is 0 Å². The van der Waals surface area contributed by atoms with Crippen molar-refractivity contribution in [2.24, 2.45) is 4.99 Å². The molecule has 0 atom stereocenters. The van der Waals surface area contributed by atoms with Crippen molar-refractivity contribution in [2.75, 3.05) is 20.7 Å². The van der Waals surface area contributed by atoms with Crippen LogP contribution in [-0.2, 0) is 6.42 Å². The summed E-state index contributed by atoms with van der Waals surface area (Å²) in [5, 5.41) is 19.5. The van der Waals surface area contributed by atoms with Crippen LogP contribution in [-0.4, -0.2) is 37.0 Å². The Bertz CT molecular complexity index is 700. The van der Waals surface area contributed by atoms with Gasteiger partial charge in [0.1, 0.15) is 16.9 Å². The minimum atomic E-state index is -0.366. The molecule has 20 heavy (non-hydrogen) atoms. The van der Waals surface area contributed by atoms with Crippen LogP contribution in [0.5, 0.6) is 0 Å². The van der Waals surface area contributed by atoms with E-state index in [9.17, 15) is 9.65 Å². The van der Waals surface area contributed by atoms with Crippen LogP contribution in [0.2, 0.25) is 0 Å². The molecular formula is C14H14FN3OS. The van der Waals surface area contributed by atoms with Gasteiger partial charge >= 0.3 is 0 Å². The SMILES string of the molecule is CN(C)C=Nc1sc2c(F)ccc(CCO)c2c1C#N. The summed E-state index contributed by atoms with van der Waals surface area (Å²) in [7, 11) is 3.64. The van der Waals surface area contributed by atoms with Gasteiger partial charge in [-0.05, 0) is 18.1 Å². The molecule has 104 valence electrons. The van der Waals surface area contributed by atoms with E-state index in [-0.39, 0.29) is 12.4 Å². The highest BCUT2D eigenvalue weighted by molar-refractivity contribution is 7.23. The molecule has 0 bridgehead atoms. The van der Waals surface area contributed by atoms with Gasteiger partial charge in [-0.3, -0.25) is 0 Å². The summed E-state index contributed by atoms with van der Waals surface area (Å²) >= 11 is 1.15. The zero-order valence-corrected chi connectivity index (χ0v) is 12.0. The van der Waals surface area contributed by atoms with E-state index in [1.807, 2.05) is 14.1 Å². The molecule has 0 fully saturated rings. The highest BCUT2D eigenvalue weighted by atomic mass is 32.1. The van der Waals surface area contributed by atoms with Gasteiger partial charge in [0.15, 0.2) is 0 Å². The molecule has 0 aliphatic rings. The lowest BCUT2D eigenvalue weighted by Crippen LogP contribution is -2.06. The van der Waals surface area contributed by atoms with Gasteiger partial charge in [-0.1, -0.05) is 6.07 Å². The standard InChI is InChI=1S/C14H14FN3OS/c1-18(2)8-17-14-10(7-16)12-9(5-6-19)3-4-11(15)13(12)20-14/h3-4,8,19H,5-6H2,1-2H3. The van der Waals surface area contributed by atoms with Crippen molar-refractivity contribution in [3.8, 4) is 6.07 Å². The molecular weight excluding hydrogens is 277 g/mol. The van der Waals surface area contributed by atoms with Gasteiger partial charge in [-0.15, -0.1) is 11.3 Å². The molecule has 2 rings (SSSR count). The fourth-order valence-electron chi connectivity index (χ4n) is 1.92. The number of thiophene rings is 1. The van der Waals surface area contributed by atoms with E-state index >= 15 is 0 Å². The van der Waals surface area contributed by atoms with Crippen LogP contribution in [0, 0.1) is 17.1 Å². The summed E-state index contributed by atoms with van der Waals surface area (Å²) in [6.07, 6.45) is 1.97. The summed E-state index contributed by atoms with van der Waals surface area (Å²) in [4.78, 5) is 5.97. The van der Waals surface area contributed by atoms with Gasteiger partial charge in [0.2, 0.25) is 0 Å². The maximum absolute atomic E-state index is 13.9. The third-order valence-corrected chi connectivity index (χ3v) is 3.86. The normalized spacial score (nSPS) is 11.2. The molecule has 6 heteroatoms. The van der Waals surface area contributed by atoms with E-state index < -0.39 is 0 Å². The summed E-state index contributed by atoms with van der Waals surface area (Å²) in [6.45, 7) is -0.0439. The van der Waals surface area contributed by atoms with E-state index in [0.717, 1.165) is 16.9 Å². The molecule has 1 aromatic carbocycles. The van der Waals surface area contributed by atoms with E-state index in [1.165, 1.54) is 6.07 Å². The van der Waals surface area contributed by atoms with Gasteiger partial charge in [-0.2, -0.15) is 5.26 Å². The van der Waals surface area contributed by atoms with Crippen molar-refractivity contribution in [1.29, 1.82) is 5.26 Å². The van der Waals surface area contributed by atoms with Crippen molar-refractivity contribution < 1.29 is 9.50 Å². The molecule has 0 radical (unpaired) electrons. The minimum Gasteiger partial charge on any atom is -0.396 e. The van der Waals surface area contributed by atoms with Gasteiger partial charge in [0.25, 0.3) is 0 Å². The summed E-state index contributed by atoms with van der Waals surface area (Å²) in [6, 6.07) is 5.08. The second-order valence-electron chi connectivity index (χ2n) is 4.49. The molecule has 0 saturated heterocycles. The summed E-state index contributed by atoms with van der Waals surface area (Å²) in [5.41, 5.74) is 1.13. The van der Waals surface area contributed by atoms with Crippen LogP contribution in [0.25, 0.3) is 10.1 Å². The number of aliphatic imine (C=N–C) groups is 1. The number of rotatable bonds is 4. The first-order valence-corrected chi connectivity index (χ1v) is 6.85. The molecule has 2 aromatic rings. The molecule has 1 N–H and O–H groups in total. The van der Waals surface area contributed by atoms with Crippen LogP contribution < -0.4 is 0 Å². The number of hydrogen-bond donors (Lipinski definition) is 1. The molecule has 0 unspecified atom stereocenters. The highest BCUT2D eigenvalue weighted by Crippen LogP contribution is 2.40. The predicted octanol–water partition coefficient (Wildman–Crippen LogP) is 2.67. The first-order valence-electron chi connectivity index (χ1n) is 6.04. The molecule has 1 heterocycles. The zero-order valence-electron chi connectivity index (χ0n) is 11.2. The van der Waals surface area contributed by atoms with E-state index in [0.29, 0.717) is 27.1 Å². The molecule has 4 nitrogen and oxygen atoms in total. The molecule has 0 aliphatic heterocycles. The fourth-order valence-corrected chi connectivity index (χ4v) is 2.96. The van der Waals surface area contributed by atoms with Crippen LogP contribution in [0.15, 0.2) is 17.1 Å². The third kappa shape index (κ3) is 2.64. The Hall–Kier alpha value is -1.97. The number of benzene rings is 1. The Kier molecular flexibility index (Phi) is 4.32. The quantitative estimate of drug-likeness (QED) is 0.696. The Labute approximate surface area is 120 Å². The van der Waals surface area contributed by atoms with Crippen molar-refractivity contribution in [1.82, 2.24) is 4.90 Å². The van der Waals surface area contributed by atoms with Crippen molar-refractivity contribution in [2.45, 2.75) is 6.42 Å². The second kappa shape index (κ2) is 5.99. The van der Waals surface area contributed by atoms with Crippen LogP contribution in [0.1, 0.15) is 11.1 Å². The monoisotopic (exact) mass is 291 g/mol. The number of nitrogens with zero attached hydrogens (tertiary/aromatic N) is 3. The van der Waals surface area contributed by atoms with Crippen molar-refractivity contribution in [3.05, 3.63) is 29.1 Å². The maximum atomic E-state index is 13.9. The zero-order chi connectivity index (χ0) is 14.7. The summed E-state index contributed by atoms with van der Waals surface area (Å²) in [5.74, 6) is -0.366. The lowest BCUT2D eigenvalue weighted by molar-refractivity contribution is 0.300. The van der Waals surface area contributed by atoms with Gasteiger partial charge in [-0.25, -0.2) is 9.38 Å². The largest absolute Gasteiger partial charge is 0.396 e. The molecule has 1 aromatic heterocycles. The molecule has 0 spiro atoms. The Morgan fingerprint density at radius 2 is 2.25 bits per heavy atom. The van der Waals surface area contributed by atoms with Crippen LogP contribution in [0.4, 0.5) is 9.39 Å². The number of aliphatic hydroxyl groups is 1. The average Bonchev–Trinajstić information content (AvgIpc) is 2.79. The van der Waals surface area contributed by atoms with Gasteiger partial charge in [0, 0.05) is 26.1 Å². The van der Waals surface area contributed by atoms with E-state index in [4.69, 9.17) is 5.11 Å². The average molecular weight is 291 g/mol. The number of fused-ring (bicyclic) bond motifs is 1. The Balaban J connectivity index is 2.71. The molecule has 0 aliphatic carbocycles. The third-order valence-electron chi connectivity index (χ3n) is 2.76. The van der Waals surface area contributed by atoms with Gasteiger partial charge in [0.05, 0.1) is 16.6 Å². The Morgan fingerprint density at radius 1 is 1.50 bits per heavy atom. The maximum Gasteiger partial charge on any atom is 0.141 e. The first-order chi connectivity index (χ1) is 9.58.